The number of fused-ring (bicyclic) bond motifs is 2. The maximum atomic E-state index is 11.5. The fourth-order valence-electron chi connectivity index (χ4n) is 4.28. The van der Waals surface area contributed by atoms with Crippen LogP contribution in [0.25, 0.3) is 0 Å². The Bertz CT molecular complexity index is 282. The van der Waals surface area contributed by atoms with Gasteiger partial charge in [0.2, 0.25) is 0 Å². The van der Waals surface area contributed by atoms with Crippen LogP contribution in [-0.2, 0) is 9.53 Å². The van der Waals surface area contributed by atoms with Crippen molar-refractivity contribution in [1.29, 1.82) is 0 Å². The Morgan fingerprint density at radius 3 is 2.69 bits per heavy atom. The van der Waals surface area contributed by atoms with Crippen LogP contribution in [-0.4, -0.2) is 13.1 Å². The SMILES string of the molecule is COC(=O)C(C)CC1(C)C2CCC(C2)C1C. The first-order valence-corrected chi connectivity index (χ1v) is 6.57. The van der Waals surface area contributed by atoms with Gasteiger partial charge in [-0.3, -0.25) is 4.79 Å². The summed E-state index contributed by atoms with van der Waals surface area (Å²) in [6.07, 6.45) is 5.18. The molecular weight excluding hydrogens is 200 g/mol. The number of carbonyl (C=O) groups excluding carboxylic acids is 1. The van der Waals surface area contributed by atoms with E-state index >= 15 is 0 Å². The lowest BCUT2D eigenvalue weighted by Crippen LogP contribution is -2.35. The molecular formula is C14H24O2. The number of ether oxygens (including phenoxy) is 1. The highest BCUT2D eigenvalue weighted by Gasteiger charge is 2.53. The smallest absolute Gasteiger partial charge is 0.308 e. The maximum Gasteiger partial charge on any atom is 0.308 e. The van der Waals surface area contributed by atoms with Gasteiger partial charge >= 0.3 is 5.97 Å². The monoisotopic (exact) mass is 224 g/mol. The first kappa shape index (κ1) is 11.9. The second-order valence-electron chi connectivity index (χ2n) is 6.19. The van der Waals surface area contributed by atoms with E-state index < -0.39 is 0 Å². The molecule has 2 heteroatoms. The Hall–Kier alpha value is -0.530. The molecule has 2 aliphatic rings. The van der Waals surface area contributed by atoms with E-state index in [4.69, 9.17) is 4.74 Å². The summed E-state index contributed by atoms with van der Waals surface area (Å²) in [6, 6.07) is 0. The number of esters is 1. The van der Waals surface area contributed by atoms with Gasteiger partial charge in [-0.1, -0.05) is 20.8 Å². The quantitative estimate of drug-likeness (QED) is 0.688. The number of carbonyl (C=O) groups is 1. The molecule has 2 aliphatic carbocycles. The van der Waals surface area contributed by atoms with Crippen LogP contribution in [0, 0.1) is 29.1 Å². The third-order valence-corrected chi connectivity index (χ3v) is 5.50. The van der Waals surface area contributed by atoms with Gasteiger partial charge in [-0.2, -0.15) is 0 Å². The van der Waals surface area contributed by atoms with Gasteiger partial charge in [0.15, 0.2) is 0 Å². The van der Waals surface area contributed by atoms with E-state index in [0.717, 1.165) is 24.2 Å². The minimum atomic E-state index is -0.0452. The van der Waals surface area contributed by atoms with Crippen molar-refractivity contribution in [2.75, 3.05) is 7.11 Å². The summed E-state index contributed by atoms with van der Waals surface area (Å²) >= 11 is 0. The van der Waals surface area contributed by atoms with Crippen molar-refractivity contribution >= 4 is 5.97 Å². The normalized spacial score (nSPS) is 43.4. The van der Waals surface area contributed by atoms with E-state index in [-0.39, 0.29) is 11.9 Å². The standard InChI is InChI=1S/C14H24O2/c1-9(13(15)16-4)8-14(3)10(2)11-5-6-12(14)7-11/h9-12H,5-8H2,1-4H3. The number of hydrogen-bond acceptors (Lipinski definition) is 2. The molecule has 0 aromatic rings. The molecule has 0 aromatic heterocycles. The van der Waals surface area contributed by atoms with Crippen LogP contribution in [0.2, 0.25) is 0 Å². The van der Waals surface area contributed by atoms with Crippen LogP contribution in [0.15, 0.2) is 0 Å². The van der Waals surface area contributed by atoms with E-state index in [0.29, 0.717) is 5.41 Å². The molecule has 2 saturated carbocycles. The summed E-state index contributed by atoms with van der Waals surface area (Å²) in [5.41, 5.74) is 0.372. The van der Waals surface area contributed by atoms with E-state index in [1.807, 2.05) is 6.92 Å². The Morgan fingerprint density at radius 2 is 2.19 bits per heavy atom. The van der Waals surface area contributed by atoms with Crippen LogP contribution in [0.4, 0.5) is 0 Å². The Labute approximate surface area is 98.7 Å². The molecule has 2 nitrogen and oxygen atoms in total. The third kappa shape index (κ3) is 1.66. The van der Waals surface area contributed by atoms with Crippen molar-refractivity contribution < 1.29 is 9.53 Å². The van der Waals surface area contributed by atoms with Crippen molar-refractivity contribution in [3.05, 3.63) is 0 Å². The number of hydrogen-bond donors (Lipinski definition) is 0. The van der Waals surface area contributed by atoms with Gasteiger partial charge in [-0.25, -0.2) is 0 Å². The molecule has 0 amide bonds. The zero-order chi connectivity index (χ0) is 11.9. The molecule has 0 aliphatic heterocycles. The average molecular weight is 224 g/mol. The zero-order valence-corrected chi connectivity index (χ0v) is 11.0. The van der Waals surface area contributed by atoms with Crippen molar-refractivity contribution in [2.24, 2.45) is 29.1 Å². The topological polar surface area (TPSA) is 26.3 Å². The lowest BCUT2D eigenvalue weighted by atomic mass is 9.64. The van der Waals surface area contributed by atoms with Crippen LogP contribution >= 0.6 is 0 Å². The predicted octanol–water partition coefficient (Wildman–Crippen LogP) is 3.26. The Kier molecular flexibility index (Phi) is 3.02. The lowest BCUT2D eigenvalue weighted by molar-refractivity contribution is -0.146. The minimum absolute atomic E-state index is 0.0452. The molecule has 2 rings (SSSR count). The zero-order valence-electron chi connectivity index (χ0n) is 11.0. The van der Waals surface area contributed by atoms with E-state index in [1.54, 1.807) is 0 Å². The summed E-state index contributed by atoms with van der Waals surface area (Å²) in [5.74, 6) is 2.55. The van der Waals surface area contributed by atoms with Crippen molar-refractivity contribution in [1.82, 2.24) is 0 Å². The summed E-state index contributed by atoms with van der Waals surface area (Å²) in [4.78, 5) is 11.5. The van der Waals surface area contributed by atoms with Crippen molar-refractivity contribution in [3.63, 3.8) is 0 Å². The highest BCUT2D eigenvalue weighted by molar-refractivity contribution is 5.71. The second-order valence-corrected chi connectivity index (χ2v) is 6.19. The van der Waals surface area contributed by atoms with E-state index in [2.05, 4.69) is 13.8 Å². The molecule has 5 atom stereocenters. The molecule has 0 aromatic carbocycles. The van der Waals surface area contributed by atoms with Crippen LogP contribution < -0.4 is 0 Å². The predicted molar refractivity (Wildman–Crippen MR) is 63.9 cm³/mol. The van der Waals surface area contributed by atoms with Gasteiger partial charge < -0.3 is 4.74 Å². The van der Waals surface area contributed by atoms with E-state index in [1.165, 1.54) is 26.4 Å². The van der Waals surface area contributed by atoms with Gasteiger partial charge in [0.25, 0.3) is 0 Å². The molecule has 2 fully saturated rings. The molecule has 5 unspecified atom stereocenters. The molecule has 2 bridgehead atoms. The van der Waals surface area contributed by atoms with Crippen LogP contribution in [0.1, 0.15) is 46.5 Å². The van der Waals surface area contributed by atoms with E-state index in [9.17, 15) is 4.79 Å². The highest BCUT2D eigenvalue weighted by atomic mass is 16.5. The first-order valence-electron chi connectivity index (χ1n) is 6.57. The third-order valence-electron chi connectivity index (χ3n) is 5.50. The molecule has 0 spiro atoms. The summed E-state index contributed by atoms with van der Waals surface area (Å²) < 4.78 is 4.84. The fraction of sp³-hybridized carbons (Fsp3) is 0.929. The van der Waals surface area contributed by atoms with Gasteiger partial charge in [-0.05, 0) is 48.9 Å². The minimum Gasteiger partial charge on any atom is -0.469 e. The highest BCUT2D eigenvalue weighted by Crippen LogP contribution is 2.61. The van der Waals surface area contributed by atoms with Crippen LogP contribution in [0.5, 0.6) is 0 Å². The van der Waals surface area contributed by atoms with Crippen molar-refractivity contribution in [3.8, 4) is 0 Å². The molecule has 0 saturated heterocycles. The van der Waals surface area contributed by atoms with Gasteiger partial charge in [0.05, 0.1) is 13.0 Å². The van der Waals surface area contributed by atoms with Gasteiger partial charge in [-0.15, -0.1) is 0 Å². The summed E-state index contributed by atoms with van der Waals surface area (Å²) in [5, 5.41) is 0. The van der Waals surface area contributed by atoms with Crippen LogP contribution in [0.3, 0.4) is 0 Å². The Morgan fingerprint density at radius 1 is 1.50 bits per heavy atom. The van der Waals surface area contributed by atoms with Crippen molar-refractivity contribution in [2.45, 2.75) is 46.5 Å². The van der Waals surface area contributed by atoms with Gasteiger partial charge in [0.1, 0.15) is 0 Å². The van der Waals surface area contributed by atoms with Gasteiger partial charge in [0, 0.05) is 0 Å². The maximum absolute atomic E-state index is 11.5. The Balaban J connectivity index is 2.06. The number of rotatable bonds is 3. The molecule has 92 valence electrons. The molecule has 0 radical (unpaired) electrons. The fourth-order valence-corrected chi connectivity index (χ4v) is 4.28. The summed E-state index contributed by atoms with van der Waals surface area (Å²) in [7, 11) is 1.49. The number of methoxy groups -OCH3 is 1. The largest absolute Gasteiger partial charge is 0.469 e. The molecule has 0 N–H and O–H groups in total. The second kappa shape index (κ2) is 4.05. The molecule has 16 heavy (non-hydrogen) atoms. The first-order chi connectivity index (χ1) is 7.49. The lowest BCUT2D eigenvalue weighted by Gasteiger charge is -2.41. The summed E-state index contributed by atoms with van der Waals surface area (Å²) in [6.45, 7) is 6.78. The average Bonchev–Trinajstić information content (AvgIpc) is 2.82. The molecule has 0 heterocycles.